The zero-order chi connectivity index (χ0) is 14.6. The molecule has 110 valence electrons. The minimum absolute atomic E-state index is 0.00289. The Morgan fingerprint density at radius 1 is 1.37 bits per heavy atom. The van der Waals surface area contributed by atoms with Crippen LogP contribution in [0.1, 0.15) is 47.0 Å². The summed E-state index contributed by atoms with van der Waals surface area (Å²) in [6.45, 7) is 8.73. The van der Waals surface area contributed by atoms with E-state index in [4.69, 9.17) is 0 Å². The van der Waals surface area contributed by atoms with Crippen LogP contribution in [-0.2, 0) is 14.3 Å². The second kappa shape index (κ2) is 6.40. The van der Waals surface area contributed by atoms with Crippen molar-refractivity contribution in [3.8, 4) is 0 Å². The number of nitrogens with one attached hydrogen (secondary N) is 1. The molecule has 0 heterocycles. The molecular weight excluding hydrogens is 242 g/mol. The smallest absolute Gasteiger partial charge is 0.325 e. The van der Waals surface area contributed by atoms with E-state index in [1.54, 1.807) is 0 Å². The Labute approximate surface area is 116 Å². The van der Waals surface area contributed by atoms with Gasteiger partial charge in [0.1, 0.15) is 6.54 Å². The molecule has 0 aromatic heterocycles. The summed E-state index contributed by atoms with van der Waals surface area (Å²) in [5, 5.41) is 2.71. The Balaban J connectivity index is 2.68. The molecule has 4 heteroatoms. The van der Waals surface area contributed by atoms with Crippen LogP contribution in [0, 0.1) is 23.2 Å². The van der Waals surface area contributed by atoms with Crippen LogP contribution in [0.3, 0.4) is 0 Å². The van der Waals surface area contributed by atoms with Gasteiger partial charge in [-0.25, -0.2) is 0 Å². The van der Waals surface area contributed by atoms with Crippen molar-refractivity contribution in [2.45, 2.75) is 47.0 Å². The molecule has 1 amide bonds. The van der Waals surface area contributed by atoms with Crippen LogP contribution in [0.25, 0.3) is 0 Å². The van der Waals surface area contributed by atoms with E-state index in [9.17, 15) is 9.59 Å². The maximum Gasteiger partial charge on any atom is 0.325 e. The summed E-state index contributed by atoms with van der Waals surface area (Å²) in [7, 11) is 1.33. The predicted molar refractivity (Wildman–Crippen MR) is 74.5 cm³/mol. The molecule has 1 aliphatic carbocycles. The Bertz CT molecular complexity index is 336. The fraction of sp³-hybridized carbons (Fsp3) is 0.867. The van der Waals surface area contributed by atoms with E-state index < -0.39 is 5.97 Å². The van der Waals surface area contributed by atoms with Gasteiger partial charge in [-0.15, -0.1) is 0 Å². The zero-order valence-corrected chi connectivity index (χ0v) is 12.8. The van der Waals surface area contributed by atoms with Crippen molar-refractivity contribution in [2.24, 2.45) is 23.2 Å². The molecule has 0 aromatic carbocycles. The topological polar surface area (TPSA) is 55.4 Å². The van der Waals surface area contributed by atoms with Crippen LogP contribution < -0.4 is 5.32 Å². The zero-order valence-electron chi connectivity index (χ0n) is 12.8. The third-order valence-corrected chi connectivity index (χ3v) is 4.27. The van der Waals surface area contributed by atoms with Crippen molar-refractivity contribution in [3.63, 3.8) is 0 Å². The number of amides is 1. The van der Waals surface area contributed by atoms with Crippen molar-refractivity contribution in [1.29, 1.82) is 0 Å². The lowest BCUT2D eigenvalue weighted by atomic mass is 9.64. The summed E-state index contributed by atoms with van der Waals surface area (Å²) < 4.78 is 4.55. The summed E-state index contributed by atoms with van der Waals surface area (Å²) in [5.41, 5.74) is 0.207. The third-order valence-electron chi connectivity index (χ3n) is 4.27. The van der Waals surface area contributed by atoms with Gasteiger partial charge in [-0.1, -0.05) is 27.7 Å². The summed E-state index contributed by atoms with van der Waals surface area (Å²) in [6.07, 6.45) is 3.14. The summed E-state index contributed by atoms with van der Waals surface area (Å²) >= 11 is 0. The number of esters is 1. The SMILES string of the molecule is COC(=O)CNC(=O)C1CC(C)(C)CCC1C(C)C. The lowest BCUT2D eigenvalue weighted by molar-refractivity contribution is -0.142. The molecule has 19 heavy (non-hydrogen) atoms. The number of rotatable bonds is 4. The average molecular weight is 269 g/mol. The molecule has 1 aliphatic rings. The highest BCUT2D eigenvalue weighted by atomic mass is 16.5. The van der Waals surface area contributed by atoms with Crippen LogP contribution >= 0.6 is 0 Å². The first-order valence-corrected chi connectivity index (χ1v) is 7.11. The van der Waals surface area contributed by atoms with E-state index in [1.807, 2.05) is 0 Å². The lowest BCUT2D eigenvalue weighted by Gasteiger charge is -2.41. The van der Waals surface area contributed by atoms with Gasteiger partial charge >= 0.3 is 5.97 Å². The predicted octanol–water partition coefficient (Wildman–Crippen LogP) is 2.37. The first-order chi connectivity index (χ1) is 8.76. The Hall–Kier alpha value is -1.06. The van der Waals surface area contributed by atoms with E-state index in [2.05, 4.69) is 37.7 Å². The molecule has 1 saturated carbocycles. The van der Waals surface area contributed by atoms with Crippen LogP contribution in [0.5, 0.6) is 0 Å². The molecule has 1 N–H and O–H groups in total. The molecule has 0 aromatic rings. The number of hydrogen-bond donors (Lipinski definition) is 1. The number of ether oxygens (including phenoxy) is 1. The highest BCUT2D eigenvalue weighted by Crippen LogP contribution is 2.44. The summed E-state index contributed by atoms with van der Waals surface area (Å²) in [4.78, 5) is 23.4. The second-order valence-electron chi connectivity index (χ2n) is 6.72. The average Bonchev–Trinajstić information content (AvgIpc) is 2.33. The molecular formula is C15H27NO3. The van der Waals surface area contributed by atoms with E-state index in [0.29, 0.717) is 11.8 Å². The Morgan fingerprint density at radius 3 is 2.53 bits per heavy atom. The molecule has 0 spiro atoms. The van der Waals surface area contributed by atoms with Gasteiger partial charge in [-0.3, -0.25) is 9.59 Å². The van der Waals surface area contributed by atoms with Crippen molar-refractivity contribution in [3.05, 3.63) is 0 Å². The standard InChI is InChI=1S/C15H27NO3/c1-10(2)11-6-7-15(3,4)8-12(11)14(18)16-9-13(17)19-5/h10-12H,6-9H2,1-5H3,(H,16,18). The lowest BCUT2D eigenvalue weighted by Crippen LogP contribution is -2.44. The van der Waals surface area contributed by atoms with Gasteiger partial charge in [0.25, 0.3) is 0 Å². The van der Waals surface area contributed by atoms with Crippen molar-refractivity contribution < 1.29 is 14.3 Å². The molecule has 0 radical (unpaired) electrons. The molecule has 0 bridgehead atoms. The van der Waals surface area contributed by atoms with Gasteiger partial charge in [0.15, 0.2) is 0 Å². The third kappa shape index (κ3) is 4.51. The normalized spacial score (nSPS) is 26.0. The first-order valence-electron chi connectivity index (χ1n) is 7.11. The maximum absolute atomic E-state index is 12.3. The summed E-state index contributed by atoms with van der Waals surface area (Å²) in [6, 6.07) is 0. The minimum Gasteiger partial charge on any atom is -0.468 e. The van der Waals surface area contributed by atoms with Crippen molar-refractivity contribution in [2.75, 3.05) is 13.7 Å². The highest BCUT2D eigenvalue weighted by Gasteiger charge is 2.39. The van der Waals surface area contributed by atoms with E-state index in [-0.39, 0.29) is 23.8 Å². The van der Waals surface area contributed by atoms with Gasteiger partial charge in [0, 0.05) is 5.92 Å². The molecule has 1 fully saturated rings. The highest BCUT2D eigenvalue weighted by molar-refractivity contribution is 5.83. The fourth-order valence-electron chi connectivity index (χ4n) is 3.05. The van der Waals surface area contributed by atoms with Gasteiger partial charge in [0.2, 0.25) is 5.91 Å². The number of methoxy groups -OCH3 is 1. The van der Waals surface area contributed by atoms with Gasteiger partial charge in [-0.05, 0) is 36.5 Å². The second-order valence-corrected chi connectivity index (χ2v) is 6.72. The Kier molecular flexibility index (Phi) is 5.39. The Morgan fingerprint density at radius 2 is 2.00 bits per heavy atom. The van der Waals surface area contributed by atoms with E-state index >= 15 is 0 Å². The number of hydrogen-bond acceptors (Lipinski definition) is 3. The van der Waals surface area contributed by atoms with Gasteiger partial charge < -0.3 is 10.1 Å². The number of carbonyl (C=O) groups is 2. The molecule has 1 rings (SSSR count). The minimum atomic E-state index is -0.399. The quantitative estimate of drug-likeness (QED) is 0.797. The molecule has 4 nitrogen and oxygen atoms in total. The van der Waals surface area contributed by atoms with Crippen LogP contribution in [0.15, 0.2) is 0 Å². The fourth-order valence-corrected chi connectivity index (χ4v) is 3.05. The van der Waals surface area contributed by atoms with Crippen LogP contribution in [0.4, 0.5) is 0 Å². The molecule has 2 unspecified atom stereocenters. The maximum atomic E-state index is 12.3. The van der Waals surface area contributed by atoms with E-state index in [0.717, 1.165) is 19.3 Å². The van der Waals surface area contributed by atoms with Crippen LogP contribution in [-0.4, -0.2) is 25.5 Å². The molecule has 0 saturated heterocycles. The van der Waals surface area contributed by atoms with Crippen molar-refractivity contribution >= 4 is 11.9 Å². The molecule has 2 atom stereocenters. The van der Waals surface area contributed by atoms with Crippen LogP contribution in [0.2, 0.25) is 0 Å². The van der Waals surface area contributed by atoms with Gasteiger partial charge in [0.05, 0.1) is 7.11 Å². The molecule has 0 aliphatic heterocycles. The van der Waals surface area contributed by atoms with Crippen molar-refractivity contribution in [1.82, 2.24) is 5.32 Å². The largest absolute Gasteiger partial charge is 0.468 e. The summed E-state index contributed by atoms with van der Waals surface area (Å²) in [5.74, 6) is 0.505. The number of carbonyl (C=O) groups excluding carboxylic acids is 2. The first kappa shape index (κ1) is 16.0. The van der Waals surface area contributed by atoms with E-state index in [1.165, 1.54) is 7.11 Å². The monoisotopic (exact) mass is 269 g/mol. The van der Waals surface area contributed by atoms with Gasteiger partial charge in [-0.2, -0.15) is 0 Å².